The Hall–Kier alpha value is -2.85. The Bertz CT molecular complexity index is 946. The normalized spacial score (nSPS) is 18.7. The van der Waals surface area contributed by atoms with E-state index in [2.05, 4.69) is 4.72 Å². The van der Waals surface area contributed by atoms with Crippen molar-refractivity contribution in [1.82, 2.24) is 4.72 Å². The number of para-hydroxylation sites is 1. The van der Waals surface area contributed by atoms with Gasteiger partial charge in [0.25, 0.3) is 5.91 Å². The molecule has 25 heavy (non-hydrogen) atoms. The Morgan fingerprint density at radius 1 is 1.20 bits per heavy atom. The minimum Gasteiger partial charge on any atom is -0.480 e. The van der Waals surface area contributed by atoms with Gasteiger partial charge < -0.3 is 4.74 Å². The average molecular weight is 356 g/mol. The zero-order chi connectivity index (χ0) is 18.0. The molecule has 0 spiro atoms. The van der Waals surface area contributed by atoms with Gasteiger partial charge in [-0.2, -0.15) is 5.26 Å². The highest BCUT2D eigenvalue weighted by Crippen LogP contribution is 2.37. The lowest BCUT2D eigenvalue weighted by atomic mass is 9.97. The number of nitriles is 1. The van der Waals surface area contributed by atoms with Crippen LogP contribution in [0, 0.1) is 11.3 Å². The molecule has 0 aliphatic carbocycles. The summed E-state index contributed by atoms with van der Waals surface area (Å²) in [7, 11) is -3.86. The van der Waals surface area contributed by atoms with E-state index in [1.54, 1.807) is 24.3 Å². The summed E-state index contributed by atoms with van der Waals surface area (Å²) in [4.78, 5) is 12.4. The second-order valence-electron chi connectivity index (χ2n) is 5.90. The standard InChI is InChI=1S/C18H16N2O4S/c1-12-15-4-2-3-5-16(15)24-17(12)18(21)20-25(22,23)11-14-8-6-13(10-19)7-9-14/h2-9,12,17H,11H2,1H3,(H,20,21)/t12-,17-/m0/s1. The number of benzene rings is 2. The maximum absolute atomic E-state index is 12.4. The van der Waals surface area contributed by atoms with Gasteiger partial charge in [-0.15, -0.1) is 0 Å². The summed E-state index contributed by atoms with van der Waals surface area (Å²) in [6, 6.07) is 15.4. The number of sulfonamides is 1. The van der Waals surface area contributed by atoms with Gasteiger partial charge in [0.05, 0.1) is 17.4 Å². The highest BCUT2D eigenvalue weighted by molar-refractivity contribution is 7.89. The molecule has 128 valence electrons. The molecule has 0 fully saturated rings. The Morgan fingerprint density at radius 2 is 1.88 bits per heavy atom. The number of rotatable bonds is 4. The van der Waals surface area contributed by atoms with Crippen LogP contribution >= 0.6 is 0 Å². The van der Waals surface area contributed by atoms with E-state index in [9.17, 15) is 13.2 Å². The summed E-state index contributed by atoms with van der Waals surface area (Å²) in [6.07, 6.45) is -0.881. The van der Waals surface area contributed by atoms with Crippen molar-refractivity contribution >= 4 is 15.9 Å². The third-order valence-electron chi connectivity index (χ3n) is 4.07. The summed E-state index contributed by atoms with van der Waals surface area (Å²) in [6.45, 7) is 1.82. The van der Waals surface area contributed by atoms with Crippen molar-refractivity contribution in [2.45, 2.75) is 24.7 Å². The van der Waals surface area contributed by atoms with Gasteiger partial charge in [0, 0.05) is 11.5 Å². The van der Waals surface area contributed by atoms with Crippen LogP contribution in [0.4, 0.5) is 0 Å². The molecule has 0 radical (unpaired) electrons. The van der Waals surface area contributed by atoms with Gasteiger partial charge in [0.15, 0.2) is 6.10 Å². The van der Waals surface area contributed by atoms with Crippen LogP contribution in [0.15, 0.2) is 48.5 Å². The van der Waals surface area contributed by atoms with Gasteiger partial charge in [-0.1, -0.05) is 37.3 Å². The Kier molecular flexibility index (Phi) is 4.47. The SMILES string of the molecule is C[C@H]1c2ccccc2O[C@@H]1C(=O)NS(=O)(=O)Cc1ccc(C#N)cc1. The van der Waals surface area contributed by atoms with Crippen LogP contribution in [-0.2, 0) is 20.6 Å². The van der Waals surface area contributed by atoms with Crippen molar-refractivity contribution < 1.29 is 17.9 Å². The minimum atomic E-state index is -3.86. The predicted molar refractivity (Wildman–Crippen MR) is 91.2 cm³/mol. The molecule has 1 aliphatic heterocycles. The molecular weight excluding hydrogens is 340 g/mol. The van der Waals surface area contributed by atoms with Crippen molar-refractivity contribution in [3.05, 3.63) is 65.2 Å². The van der Waals surface area contributed by atoms with Crippen LogP contribution in [0.1, 0.15) is 29.5 Å². The van der Waals surface area contributed by atoms with Crippen molar-refractivity contribution in [3.8, 4) is 11.8 Å². The van der Waals surface area contributed by atoms with Gasteiger partial charge in [-0.05, 0) is 23.8 Å². The van der Waals surface area contributed by atoms with E-state index in [1.165, 1.54) is 12.1 Å². The van der Waals surface area contributed by atoms with Crippen molar-refractivity contribution in [2.75, 3.05) is 0 Å². The fourth-order valence-corrected chi connectivity index (χ4v) is 3.92. The summed E-state index contributed by atoms with van der Waals surface area (Å²) in [5, 5.41) is 8.76. The quantitative estimate of drug-likeness (QED) is 0.905. The number of fused-ring (bicyclic) bond motifs is 1. The average Bonchev–Trinajstić information content (AvgIpc) is 2.92. The largest absolute Gasteiger partial charge is 0.480 e. The van der Waals surface area contributed by atoms with Crippen LogP contribution in [0.5, 0.6) is 5.75 Å². The number of carbonyl (C=O) groups is 1. The molecule has 0 saturated heterocycles. The molecule has 2 atom stereocenters. The topological polar surface area (TPSA) is 96.3 Å². The van der Waals surface area contributed by atoms with Gasteiger partial charge in [0.1, 0.15) is 5.75 Å². The van der Waals surface area contributed by atoms with Gasteiger partial charge in [0.2, 0.25) is 10.0 Å². The summed E-state index contributed by atoms with van der Waals surface area (Å²) >= 11 is 0. The summed E-state index contributed by atoms with van der Waals surface area (Å²) in [5.41, 5.74) is 1.81. The minimum absolute atomic E-state index is 0.235. The fraction of sp³-hybridized carbons (Fsp3) is 0.222. The number of nitrogens with one attached hydrogen (secondary N) is 1. The van der Waals surface area contributed by atoms with E-state index >= 15 is 0 Å². The predicted octanol–water partition coefficient (Wildman–Crippen LogP) is 2.07. The fourth-order valence-electron chi connectivity index (χ4n) is 2.79. The van der Waals surface area contributed by atoms with Crippen LogP contribution in [0.25, 0.3) is 0 Å². The third-order valence-corrected chi connectivity index (χ3v) is 5.30. The molecule has 0 bridgehead atoms. The zero-order valence-electron chi connectivity index (χ0n) is 13.5. The van der Waals surface area contributed by atoms with Crippen molar-refractivity contribution in [2.24, 2.45) is 0 Å². The maximum atomic E-state index is 12.4. The van der Waals surface area contributed by atoms with E-state index < -0.39 is 22.0 Å². The van der Waals surface area contributed by atoms with Crippen LogP contribution in [0.3, 0.4) is 0 Å². The molecule has 1 amide bonds. The van der Waals surface area contributed by atoms with Crippen LogP contribution in [0.2, 0.25) is 0 Å². The Balaban J connectivity index is 1.69. The van der Waals surface area contributed by atoms with E-state index in [-0.39, 0.29) is 11.7 Å². The lowest BCUT2D eigenvalue weighted by Crippen LogP contribution is -2.42. The highest BCUT2D eigenvalue weighted by atomic mass is 32.2. The first-order chi connectivity index (χ1) is 11.9. The number of hydrogen-bond donors (Lipinski definition) is 1. The molecular formula is C18H16N2O4S. The molecule has 2 aromatic carbocycles. The molecule has 0 unspecified atom stereocenters. The smallest absolute Gasteiger partial charge is 0.275 e. The zero-order valence-corrected chi connectivity index (χ0v) is 14.3. The summed E-state index contributed by atoms with van der Waals surface area (Å²) in [5.74, 6) is -0.670. The maximum Gasteiger partial charge on any atom is 0.275 e. The molecule has 3 rings (SSSR count). The van der Waals surface area contributed by atoms with E-state index in [0.717, 1.165) is 5.56 Å². The third kappa shape index (κ3) is 3.64. The number of carbonyl (C=O) groups excluding carboxylic acids is 1. The second-order valence-corrected chi connectivity index (χ2v) is 7.62. The van der Waals surface area contributed by atoms with Crippen LogP contribution < -0.4 is 9.46 Å². The molecule has 0 saturated carbocycles. The van der Waals surface area contributed by atoms with Crippen molar-refractivity contribution in [3.63, 3.8) is 0 Å². The van der Waals surface area contributed by atoms with E-state index in [1.807, 2.05) is 25.1 Å². The molecule has 7 heteroatoms. The van der Waals surface area contributed by atoms with E-state index in [4.69, 9.17) is 10.00 Å². The molecule has 1 aliphatic rings. The molecule has 1 heterocycles. The molecule has 0 aromatic heterocycles. The van der Waals surface area contributed by atoms with Gasteiger partial charge in [-0.3, -0.25) is 4.79 Å². The molecule has 2 aromatic rings. The van der Waals surface area contributed by atoms with Gasteiger partial charge >= 0.3 is 0 Å². The molecule has 6 nitrogen and oxygen atoms in total. The van der Waals surface area contributed by atoms with Crippen LogP contribution in [-0.4, -0.2) is 20.4 Å². The van der Waals surface area contributed by atoms with Gasteiger partial charge in [-0.25, -0.2) is 13.1 Å². The number of hydrogen-bond acceptors (Lipinski definition) is 5. The lowest BCUT2D eigenvalue weighted by Gasteiger charge is -2.15. The monoisotopic (exact) mass is 356 g/mol. The first kappa shape index (κ1) is 17.0. The number of nitrogens with zero attached hydrogens (tertiary/aromatic N) is 1. The summed E-state index contributed by atoms with van der Waals surface area (Å²) < 4.78 is 32.2. The highest BCUT2D eigenvalue weighted by Gasteiger charge is 2.37. The Morgan fingerprint density at radius 3 is 2.52 bits per heavy atom. The van der Waals surface area contributed by atoms with Crippen molar-refractivity contribution in [1.29, 1.82) is 5.26 Å². The second kappa shape index (κ2) is 6.57. The molecule has 1 N–H and O–H groups in total. The first-order valence-electron chi connectivity index (χ1n) is 7.68. The first-order valence-corrected chi connectivity index (χ1v) is 9.34. The van der Waals surface area contributed by atoms with E-state index in [0.29, 0.717) is 16.9 Å². The number of amides is 1. The Labute approximate surface area is 146 Å². The lowest BCUT2D eigenvalue weighted by molar-refractivity contribution is -0.126. The number of ether oxygens (including phenoxy) is 1.